The molecule has 2 aromatic heterocycles. The molecule has 180 valence electrons. The van der Waals surface area contributed by atoms with E-state index in [4.69, 9.17) is 4.99 Å². The summed E-state index contributed by atoms with van der Waals surface area (Å²) < 4.78 is 3.46. The van der Waals surface area contributed by atoms with Gasteiger partial charge in [0.15, 0.2) is 10.4 Å². The zero-order valence-electron chi connectivity index (χ0n) is 19.9. The molecule has 8 heteroatoms. The summed E-state index contributed by atoms with van der Waals surface area (Å²) in [6, 6.07) is 14.7. The Labute approximate surface area is 208 Å². The lowest BCUT2D eigenvalue weighted by atomic mass is 10.0. The summed E-state index contributed by atoms with van der Waals surface area (Å²) in [7, 11) is 0. The molecule has 0 bridgehead atoms. The number of amides is 1. The van der Waals surface area contributed by atoms with Crippen molar-refractivity contribution in [3.8, 4) is 0 Å². The number of thiazole rings is 1. The molecule has 1 N–H and O–H groups in total. The molecular formula is C27H29N5O2S. The van der Waals surface area contributed by atoms with E-state index >= 15 is 0 Å². The van der Waals surface area contributed by atoms with Crippen LogP contribution in [0.15, 0.2) is 59.9 Å². The van der Waals surface area contributed by atoms with Crippen LogP contribution in [-0.2, 0) is 17.8 Å². The van der Waals surface area contributed by atoms with Gasteiger partial charge in [0.2, 0.25) is 0 Å². The highest BCUT2D eigenvalue weighted by Gasteiger charge is 2.36. The highest BCUT2D eigenvalue weighted by Crippen LogP contribution is 2.28. The van der Waals surface area contributed by atoms with Crippen molar-refractivity contribution in [2.45, 2.75) is 31.9 Å². The van der Waals surface area contributed by atoms with Crippen LogP contribution in [-0.4, -0.2) is 63.8 Å². The standard InChI is InChI=1S/C27H29N5O2S/c1-27(34,18-29-26-32-12-4-7-19-5-3-9-23(35-26)24(19)32)25(33)31-15-13-30(14-16-31)22-8-2-6-20-17-28-11-10-21(20)22/h2-3,5-6,8-11,17,34H,4,7,12-16,18H2,1H3/t27-/m0/s1. The third-order valence-corrected chi connectivity index (χ3v) is 8.24. The summed E-state index contributed by atoms with van der Waals surface area (Å²) in [4.78, 5) is 27.2. The molecule has 0 unspecified atom stereocenters. The van der Waals surface area contributed by atoms with Gasteiger partial charge >= 0.3 is 0 Å². The maximum atomic E-state index is 13.3. The van der Waals surface area contributed by atoms with Gasteiger partial charge in [-0.1, -0.05) is 35.6 Å². The molecular weight excluding hydrogens is 458 g/mol. The van der Waals surface area contributed by atoms with Crippen molar-refractivity contribution in [2.24, 2.45) is 4.99 Å². The van der Waals surface area contributed by atoms with Gasteiger partial charge in [0.1, 0.15) is 0 Å². The van der Waals surface area contributed by atoms with Crippen LogP contribution < -0.4 is 9.70 Å². The Hall–Kier alpha value is -3.23. The van der Waals surface area contributed by atoms with E-state index in [9.17, 15) is 9.90 Å². The average Bonchev–Trinajstić information content (AvgIpc) is 3.26. The molecule has 0 saturated carbocycles. The number of carbonyl (C=O) groups is 1. The predicted octanol–water partition coefficient (Wildman–Crippen LogP) is 3.20. The lowest BCUT2D eigenvalue weighted by Crippen LogP contribution is -2.56. The Morgan fingerprint density at radius 1 is 1.11 bits per heavy atom. The molecule has 1 amide bonds. The first-order chi connectivity index (χ1) is 17.0. The number of aliphatic hydroxyl groups is 1. The molecule has 1 atom stereocenters. The molecule has 7 nitrogen and oxygen atoms in total. The van der Waals surface area contributed by atoms with E-state index in [-0.39, 0.29) is 12.5 Å². The van der Waals surface area contributed by atoms with Crippen LogP contribution in [0.1, 0.15) is 18.9 Å². The zero-order valence-corrected chi connectivity index (χ0v) is 20.7. The van der Waals surface area contributed by atoms with Gasteiger partial charge in [-0.2, -0.15) is 0 Å². The molecule has 4 heterocycles. The zero-order chi connectivity index (χ0) is 24.0. The van der Waals surface area contributed by atoms with Gasteiger partial charge in [0, 0.05) is 61.6 Å². The molecule has 1 fully saturated rings. The fraction of sp³-hybridized carbons (Fsp3) is 0.370. The Bertz CT molecular complexity index is 1470. The van der Waals surface area contributed by atoms with Gasteiger partial charge in [-0.25, -0.2) is 0 Å². The number of anilines is 1. The van der Waals surface area contributed by atoms with E-state index in [1.807, 2.05) is 24.5 Å². The van der Waals surface area contributed by atoms with Crippen molar-refractivity contribution >= 4 is 43.9 Å². The number of aryl methyl sites for hydroxylation is 2. The molecule has 2 aliphatic rings. The van der Waals surface area contributed by atoms with E-state index < -0.39 is 5.60 Å². The number of hydrogen-bond donors (Lipinski definition) is 1. The molecule has 2 aliphatic heterocycles. The van der Waals surface area contributed by atoms with Crippen molar-refractivity contribution in [3.05, 3.63) is 65.2 Å². The number of carbonyl (C=O) groups excluding carboxylic acids is 1. The van der Waals surface area contributed by atoms with E-state index in [0.29, 0.717) is 13.1 Å². The molecule has 0 aliphatic carbocycles. The second-order valence-electron chi connectivity index (χ2n) is 9.65. The normalized spacial score (nSPS) is 18.3. The van der Waals surface area contributed by atoms with Crippen LogP contribution in [0.4, 0.5) is 5.69 Å². The Kier molecular flexibility index (Phi) is 5.57. The number of aromatic nitrogens is 2. The second kappa shape index (κ2) is 8.77. The first-order valence-electron chi connectivity index (χ1n) is 12.2. The lowest BCUT2D eigenvalue weighted by Gasteiger charge is -2.39. The molecule has 4 aromatic rings. The van der Waals surface area contributed by atoms with Gasteiger partial charge in [-0.15, -0.1) is 0 Å². The van der Waals surface area contributed by atoms with Gasteiger partial charge in [0.05, 0.1) is 16.8 Å². The van der Waals surface area contributed by atoms with Crippen molar-refractivity contribution in [3.63, 3.8) is 0 Å². The number of piperazine rings is 1. The minimum absolute atomic E-state index is 0.0600. The lowest BCUT2D eigenvalue weighted by molar-refractivity contribution is -0.148. The highest BCUT2D eigenvalue weighted by atomic mass is 32.1. The van der Waals surface area contributed by atoms with Crippen molar-refractivity contribution in [1.82, 2.24) is 14.5 Å². The smallest absolute Gasteiger partial charge is 0.256 e. The summed E-state index contributed by atoms with van der Waals surface area (Å²) in [5, 5.41) is 13.4. The molecule has 35 heavy (non-hydrogen) atoms. The van der Waals surface area contributed by atoms with Crippen LogP contribution >= 0.6 is 11.3 Å². The van der Waals surface area contributed by atoms with Crippen LogP contribution in [0.2, 0.25) is 0 Å². The highest BCUT2D eigenvalue weighted by molar-refractivity contribution is 7.16. The van der Waals surface area contributed by atoms with Gasteiger partial charge < -0.3 is 19.5 Å². The third kappa shape index (κ3) is 4.00. The Morgan fingerprint density at radius 3 is 2.80 bits per heavy atom. The average molecular weight is 488 g/mol. The SMILES string of the molecule is C[C@](O)(CN=c1sc2cccc3c2n1CCC3)C(=O)N1CCN(c2cccc3cnccc23)CC1. The van der Waals surface area contributed by atoms with Crippen molar-refractivity contribution < 1.29 is 9.90 Å². The quantitative estimate of drug-likeness (QED) is 0.480. The molecule has 2 aromatic carbocycles. The number of benzene rings is 2. The molecule has 0 radical (unpaired) electrons. The predicted molar refractivity (Wildman–Crippen MR) is 140 cm³/mol. The van der Waals surface area contributed by atoms with Gasteiger partial charge in [-0.05, 0) is 43.5 Å². The first kappa shape index (κ1) is 22.2. The second-order valence-corrected chi connectivity index (χ2v) is 10.7. The minimum Gasteiger partial charge on any atom is -0.378 e. The Balaban J connectivity index is 1.17. The minimum atomic E-state index is -1.53. The maximum absolute atomic E-state index is 13.3. The van der Waals surface area contributed by atoms with Crippen LogP contribution in [0.25, 0.3) is 21.0 Å². The first-order valence-corrected chi connectivity index (χ1v) is 13.0. The fourth-order valence-corrected chi connectivity index (χ4v) is 6.42. The molecule has 0 spiro atoms. The topological polar surface area (TPSA) is 74.0 Å². The number of rotatable bonds is 4. The fourth-order valence-electron chi connectivity index (χ4n) is 5.32. The van der Waals surface area contributed by atoms with E-state index in [1.165, 1.54) is 21.2 Å². The number of pyridine rings is 1. The van der Waals surface area contributed by atoms with Gasteiger partial charge in [0.25, 0.3) is 5.91 Å². The number of hydrogen-bond acceptors (Lipinski definition) is 6. The third-order valence-electron chi connectivity index (χ3n) is 7.16. The monoisotopic (exact) mass is 487 g/mol. The number of fused-ring (bicyclic) bond motifs is 1. The Morgan fingerprint density at radius 2 is 1.94 bits per heavy atom. The summed E-state index contributed by atoms with van der Waals surface area (Å²) >= 11 is 1.64. The largest absolute Gasteiger partial charge is 0.378 e. The van der Waals surface area contributed by atoms with E-state index in [0.717, 1.165) is 48.4 Å². The van der Waals surface area contributed by atoms with Gasteiger partial charge in [-0.3, -0.25) is 14.8 Å². The summed E-state index contributed by atoms with van der Waals surface area (Å²) in [6.45, 7) is 5.17. The maximum Gasteiger partial charge on any atom is 0.256 e. The van der Waals surface area contributed by atoms with Crippen molar-refractivity contribution in [2.75, 3.05) is 37.6 Å². The van der Waals surface area contributed by atoms with E-state index in [2.05, 4.69) is 44.8 Å². The van der Waals surface area contributed by atoms with Crippen molar-refractivity contribution in [1.29, 1.82) is 0 Å². The molecule has 6 rings (SSSR count). The van der Waals surface area contributed by atoms with Crippen LogP contribution in [0.3, 0.4) is 0 Å². The number of para-hydroxylation sites is 1. The van der Waals surface area contributed by atoms with Crippen LogP contribution in [0.5, 0.6) is 0 Å². The van der Waals surface area contributed by atoms with E-state index in [1.54, 1.807) is 23.2 Å². The number of nitrogens with zero attached hydrogens (tertiary/aromatic N) is 5. The van der Waals surface area contributed by atoms with Crippen LogP contribution in [0, 0.1) is 0 Å². The summed E-state index contributed by atoms with van der Waals surface area (Å²) in [6.07, 6.45) is 5.87. The molecule has 1 saturated heterocycles. The summed E-state index contributed by atoms with van der Waals surface area (Å²) in [5.74, 6) is -0.247. The summed E-state index contributed by atoms with van der Waals surface area (Å²) in [5.41, 5.74) is 2.24.